The molecule has 748 valence electrons. The van der Waals surface area contributed by atoms with Crippen LogP contribution in [0.2, 0.25) is 0 Å². The van der Waals surface area contributed by atoms with Crippen molar-refractivity contribution in [2.75, 3.05) is 155 Å². The molecule has 2 aliphatic heterocycles. The molecule has 0 unspecified atom stereocenters. The number of carbonyl (C=O) groups excluding carboxylic acids is 11. The summed E-state index contributed by atoms with van der Waals surface area (Å²) < 4.78 is 61.9. The quantitative estimate of drug-likeness (QED) is 0.0100. The second-order valence-electron chi connectivity index (χ2n) is 31.4. The number of nitrogens with one attached hydrogen (secondary N) is 7. The van der Waals surface area contributed by atoms with Crippen LogP contribution in [-0.4, -0.2) is 340 Å². The number of carboxylic acids is 2. The summed E-state index contributed by atoms with van der Waals surface area (Å²) in [5.74, 6) is -7.46. The molecule has 7 rings (SSSR count). The summed E-state index contributed by atoms with van der Waals surface area (Å²) in [6, 6.07) is 35.4. The molecule has 0 bridgehead atoms. The summed E-state index contributed by atoms with van der Waals surface area (Å²) in [6.45, 7) is 10.0. The molecule has 2 saturated heterocycles. The second-order valence-corrected chi connectivity index (χ2v) is 33.9. The van der Waals surface area contributed by atoms with Crippen molar-refractivity contribution >= 4 is 94.7 Å². The zero-order valence-electron chi connectivity index (χ0n) is 78.5. The van der Waals surface area contributed by atoms with Crippen LogP contribution in [0.3, 0.4) is 0 Å². The molecule has 2 heterocycles. The van der Waals surface area contributed by atoms with E-state index in [9.17, 15) is 93.3 Å². The van der Waals surface area contributed by atoms with E-state index >= 15 is 0 Å². The number of amides is 7. The van der Waals surface area contributed by atoms with E-state index in [0.29, 0.717) is 144 Å². The van der Waals surface area contributed by atoms with Gasteiger partial charge in [0.1, 0.15) is 54.3 Å². The zero-order valence-corrected chi connectivity index (χ0v) is 84.2. The van der Waals surface area contributed by atoms with Gasteiger partial charge < -0.3 is 150 Å². The van der Waals surface area contributed by atoms with Crippen molar-refractivity contribution in [3.8, 4) is 28.0 Å². The monoisotopic (exact) mass is 1980 g/mol. The number of thioether (sulfide) groups is 2. The van der Waals surface area contributed by atoms with E-state index < -0.39 is 134 Å². The molecule has 15 N–H and O–H groups in total. The van der Waals surface area contributed by atoms with Gasteiger partial charge in [-0.1, -0.05) is 91.0 Å². The largest absolute Gasteiger partial charge is 1.00 e. The molecule has 43 heteroatoms. The number of aliphatic hydroxyl groups is 6. The number of ketones is 2. The molecule has 0 spiro atoms. The normalized spacial score (nSPS) is 18.5. The minimum Gasteiger partial charge on any atom is -0.870 e. The van der Waals surface area contributed by atoms with Crippen LogP contribution in [0, 0.1) is 6.92 Å². The smallest absolute Gasteiger partial charge is 0.870 e. The zero-order chi connectivity index (χ0) is 97.5. The Bertz CT molecular complexity index is 4400. The number of ether oxygens (including phenoxy) is 11. The van der Waals surface area contributed by atoms with E-state index in [4.69, 9.17) is 57.2 Å². The molecule has 2 aliphatic rings. The van der Waals surface area contributed by atoms with Crippen molar-refractivity contribution < 1.29 is 215 Å². The van der Waals surface area contributed by atoms with Crippen molar-refractivity contribution in [1.82, 2.24) is 37.2 Å². The van der Waals surface area contributed by atoms with Crippen LogP contribution in [-0.2, 0) is 90.5 Å². The Morgan fingerprint density at radius 2 is 0.883 bits per heavy atom. The number of aliphatic carboxylic acids is 2. The van der Waals surface area contributed by atoms with E-state index in [1.807, 2.05) is 67.6 Å². The fraction of sp³-hybridized carbons (Fsp3) is 0.553. The average Bonchev–Trinajstić information content (AvgIpc) is 0.771. The maximum Gasteiger partial charge on any atom is 1.00 e. The van der Waals surface area contributed by atoms with E-state index in [2.05, 4.69) is 37.2 Å². The van der Waals surface area contributed by atoms with Crippen molar-refractivity contribution in [1.29, 1.82) is 0 Å². The molecule has 5 aromatic carbocycles. The van der Waals surface area contributed by atoms with Crippen LogP contribution in [0.5, 0.6) is 5.75 Å². The third kappa shape index (κ3) is 48.0. The van der Waals surface area contributed by atoms with E-state index in [0.717, 1.165) is 40.0 Å². The van der Waals surface area contributed by atoms with Gasteiger partial charge in [-0.05, 0) is 121 Å². The maximum absolute atomic E-state index is 13.0. The Morgan fingerprint density at radius 1 is 0.460 bits per heavy atom. The minimum atomic E-state index is -2.47. The van der Waals surface area contributed by atoms with Crippen LogP contribution in [0.25, 0.3) is 22.3 Å². The molecule has 39 nitrogen and oxygen atoms in total. The van der Waals surface area contributed by atoms with Crippen molar-refractivity contribution in [2.45, 2.75) is 177 Å². The first-order valence-corrected chi connectivity index (χ1v) is 46.9. The third-order valence-corrected chi connectivity index (χ3v) is 22.9. The maximum atomic E-state index is 13.0. The van der Waals surface area contributed by atoms with Gasteiger partial charge in [0.05, 0.1) is 128 Å². The van der Waals surface area contributed by atoms with Gasteiger partial charge in [-0.15, -0.1) is 0 Å². The van der Waals surface area contributed by atoms with Crippen molar-refractivity contribution in [2.24, 2.45) is 0 Å². The summed E-state index contributed by atoms with van der Waals surface area (Å²) in [6.07, 6.45) is -9.76. The van der Waals surface area contributed by atoms with Crippen LogP contribution in [0.4, 0.5) is 0 Å². The summed E-state index contributed by atoms with van der Waals surface area (Å²) in [5, 5.41) is 105. The van der Waals surface area contributed by atoms with Crippen molar-refractivity contribution in [3.63, 3.8) is 0 Å². The van der Waals surface area contributed by atoms with Crippen LogP contribution in [0.1, 0.15) is 134 Å². The van der Waals surface area contributed by atoms with Gasteiger partial charge in [-0.3, -0.25) is 43.2 Å². The van der Waals surface area contributed by atoms with E-state index in [1.54, 1.807) is 84.8 Å². The van der Waals surface area contributed by atoms with Crippen molar-refractivity contribution in [3.05, 3.63) is 150 Å². The summed E-state index contributed by atoms with van der Waals surface area (Å²) in [5.41, 5.74) is 5.64. The fourth-order valence-corrected chi connectivity index (χ4v) is 15.2. The Balaban J connectivity index is 0.000000844. The number of hydrogen-bond donors (Lipinski definition) is 14. The van der Waals surface area contributed by atoms with Gasteiger partial charge >= 0.3 is 65.1 Å². The molecular weight excluding hydrogens is 1850 g/mol. The molecule has 2 fully saturated rings. The topological polar surface area (TPSA) is 585 Å². The fourth-order valence-electron chi connectivity index (χ4n) is 13.6. The number of carbonyl (C=O) groups is 11. The Kier molecular flexibility index (Phi) is 62.9. The molecule has 0 saturated carbocycles. The third-order valence-electron chi connectivity index (χ3n) is 20.7. The summed E-state index contributed by atoms with van der Waals surface area (Å²) in [7, 11) is 0. The van der Waals surface area contributed by atoms with Crippen LogP contribution in [0.15, 0.2) is 127 Å². The molecule has 0 aliphatic carbocycles. The molecular formula is C94H130N7Na2O32S2-. The minimum absolute atomic E-state index is 0. The van der Waals surface area contributed by atoms with Gasteiger partial charge in [0.25, 0.3) is 17.7 Å². The number of Topliss-reactive ketones (excluding diaryl/α,β-unsaturated/α-hetero) is 2. The number of aryl methyl sites for hydroxylation is 1. The summed E-state index contributed by atoms with van der Waals surface area (Å²) >= 11 is 3.09. The Morgan fingerprint density at radius 3 is 1.36 bits per heavy atom. The molecule has 5 aromatic rings. The van der Waals surface area contributed by atoms with E-state index in [1.165, 1.54) is 32.5 Å². The Labute approximate surface area is 850 Å². The number of hydrogen-bond acceptors (Lipinski definition) is 33. The standard InChI is InChI=1S/C62H88N5O21S.C32H42N2O10S.2Na.H2O/c1-44-11-12-49(40-53(44)86-37-36-85-35-34-84-33-32-83-31-30-82-29-28-80-24-6-10-50(70)17-18-54(73)63-21-26-81-27-22-64-55(74)19-20-56(75)76)61(79)65-23-39-89-38-7-25-87-62(43-68)41-51(71)57(67-45(2)69)59(88-62)58(77)52(72)42-66-60(78)48-15-13-47(14-16-48)46-8-4-3-5-9-46;1-20(35)8-6-16-45-17-7-15-43-32(31(41)42)18-25(37)27(34-21(2)36)29(44-32)28(39)26(38)19-33-30(40)24-13-11-23(12-14-24)22-9-4-3-5-10-22;;;/h3-5,8-9,11-16,40,51-52,57-59,71-72,77H,6-7,10,17-39,41-42H2,1-2H3,(H,63,73)(H,64,74)(H,65,79)(H,66,78)(H,67,69)(H,75,76);3-5,9-14,25-29,37-39H,6-8,15-19H2,1-2H3,(H,33,40)(H,34,36)(H,41,42);;;1H2/q-1;;2*+1;/p-2/t51-,52+,57+,58+,59+,62+;25-,26+,27+,28+,29+,32+;;;/m00.../s1. The van der Waals surface area contributed by atoms with Gasteiger partial charge in [0.15, 0.2) is 0 Å². The second kappa shape index (κ2) is 69.9. The van der Waals surface area contributed by atoms with Gasteiger partial charge in [-0.25, -0.2) is 6.29 Å². The van der Waals surface area contributed by atoms with Crippen LogP contribution < -0.4 is 106 Å². The molecule has 0 radical (unpaired) electrons. The predicted molar refractivity (Wildman–Crippen MR) is 493 cm³/mol. The molecule has 7 amide bonds. The number of rotatable bonds is 66. The van der Waals surface area contributed by atoms with E-state index in [-0.39, 0.29) is 166 Å². The van der Waals surface area contributed by atoms with Gasteiger partial charge in [-0.2, -0.15) is 23.5 Å². The summed E-state index contributed by atoms with van der Waals surface area (Å²) in [4.78, 5) is 144. The SMILES string of the molecule is CC(=O)CCCSCCCO[C@]1(C(=O)[O-])C[C@H](O)[C@@H](NC(C)=O)[C@H]([C@H](O)[C@H](O)CNC(=O)c2ccc(-c3ccccc3)cc2)O1.CC(=O)N[C@H]1[C@H]([C@H](O)[C@H](O)CNC(=O)c2ccc(-c3ccccc3)cc2)O[C@]([C-]=O)(OCCCSCCNC(=O)c2ccc(C)c(OCCOCCOCCOCCOCCOCCCC(=O)CCC(=O)NCCOCCNC(=O)CCC(=O)O)c2)C[C@@H]1O.[Na+].[Na+].[OH-]. The first kappa shape index (κ1) is 123. The first-order valence-electron chi connectivity index (χ1n) is 44.6. The van der Waals surface area contributed by atoms with Gasteiger partial charge in [0, 0.05) is 127 Å². The molecule has 137 heavy (non-hydrogen) atoms. The average molecular weight is 1980 g/mol. The van der Waals surface area contributed by atoms with Gasteiger partial charge in [0.2, 0.25) is 29.4 Å². The number of aliphatic hydroxyl groups excluding tert-OH is 6. The number of carboxylic acid groups (broad SMARTS) is 2. The molecule has 12 atom stereocenters. The van der Waals surface area contributed by atoms with Crippen LogP contribution >= 0.6 is 23.5 Å². The Hall–Kier alpha value is -7.84. The molecule has 0 aromatic heterocycles. The predicted octanol–water partition coefficient (Wildman–Crippen LogP) is -3.90. The first-order chi connectivity index (χ1) is 64.4. The number of benzene rings is 5.